The number of benzene rings is 1. The van der Waals surface area contributed by atoms with Crippen LogP contribution in [0.4, 0.5) is 10.2 Å². The van der Waals surface area contributed by atoms with Crippen LogP contribution in [-0.4, -0.2) is 17.3 Å². The van der Waals surface area contributed by atoms with Crippen molar-refractivity contribution in [2.24, 2.45) is 0 Å². The maximum atomic E-state index is 13.8. The summed E-state index contributed by atoms with van der Waals surface area (Å²) in [5, 5.41) is 6.31. The van der Waals surface area contributed by atoms with Crippen molar-refractivity contribution in [3.8, 4) is 16.9 Å². The number of aromatic amines is 1. The summed E-state index contributed by atoms with van der Waals surface area (Å²) in [7, 11) is 1.48. The second-order valence-electron chi connectivity index (χ2n) is 3.16. The fraction of sp³-hybridized carbons (Fsp3) is 0.100. The first-order valence-electron chi connectivity index (χ1n) is 4.45. The highest BCUT2D eigenvalue weighted by molar-refractivity contribution is 9.10. The minimum absolute atomic E-state index is 0.330. The lowest BCUT2D eigenvalue weighted by Gasteiger charge is -2.07. The first-order chi connectivity index (χ1) is 7.63. The van der Waals surface area contributed by atoms with E-state index in [9.17, 15) is 4.39 Å². The summed E-state index contributed by atoms with van der Waals surface area (Å²) in [5.74, 6) is 0.354. The summed E-state index contributed by atoms with van der Waals surface area (Å²) in [5.41, 5.74) is 6.53. The molecule has 2 aromatic rings. The molecule has 0 atom stereocenters. The predicted octanol–water partition coefficient (Wildman–Crippen LogP) is 2.57. The fourth-order valence-electron chi connectivity index (χ4n) is 1.40. The number of rotatable bonds is 2. The lowest BCUT2D eigenvalue weighted by Crippen LogP contribution is -1.92. The molecule has 2 rings (SSSR count). The Balaban J connectivity index is 2.59. The van der Waals surface area contributed by atoms with Crippen LogP contribution in [0.5, 0.6) is 5.75 Å². The second-order valence-corrected chi connectivity index (χ2v) is 4.02. The van der Waals surface area contributed by atoms with Crippen molar-refractivity contribution in [1.29, 1.82) is 0 Å². The molecule has 0 spiro atoms. The number of nitrogens with one attached hydrogen (secondary N) is 1. The van der Waals surface area contributed by atoms with Crippen molar-refractivity contribution in [3.63, 3.8) is 0 Å². The highest BCUT2D eigenvalue weighted by Gasteiger charge is 2.13. The molecule has 0 unspecified atom stereocenters. The number of methoxy groups -OCH3 is 1. The van der Waals surface area contributed by atoms with Gasteiger partial charge in [0, 0.05) is 17.2 Å². The second kappa shape index (κ2) is 4.13. The molecule has 0 radical (unpaired) electrons. The number of ether oxygens (including phenoxy) is 1. The summed E-state index contributed by atoms with van der Waals surface area (Å²) >= 11 is 3.29. The van der Waals surface area contributed by atoms with Crippen molar-refractivity contribution in [2.45, 2.75) is 0 Å². The van der Waals surface area contributed by atoms with Gasteiger partial charge in [-0.25, -0.2) is 4.39 Å². The number of anilines is 1. The molecule has 3 N–H and O–H groups in total. The smallest absolute Gasteiger partial charge is 0.135 e. The third-order valence-electron chi connectivity index (χ3n) is 2.20. The van der Waals surface area contributed by atoms with Gasteiger partial charge in [0.15, 0.2) is 0 Å². The van der Waals surface area contributed by atoms with Gasteiger partial charge in [0.05, 0.1) is 17.8 Å². The van der Waals surface area contributed by atoms with E-state index in [2.05, 4.69) is 26.1 Å². The SMILES string of the molecule is COc1cc(F)c(-c2cn[nH]c2N)cc1Br. The van der Waals surface area contributed by atoms with Gasteiger partial charge in [0.1, 0.15) is 17.4 Å². The number of nitrogen functional groups attached to an aromatic ring is 1. The molecule has 1 aromatic carbocycles. The van der Waals surface area contributed by atoms with Gasteiger partial charge in [-0.2, -0.15) is 5.10 Å². The van der Waals surface area contributed by atoms with E-state index in [1.54, 1.807) is 6.07 Å². The molecule has 6 heteroatoms. The molecule has 0 fully saturated rings. The quantitative estimate of drug-likeness (QED) is 0.891. The third-order valence-corrected chi connectivity index (χ3v) is 2.82. The van der Waals surface area contributed by atoms with E-state index in [-0.39, 0.29) is 0 Å². The summed E-state index contributed by atoms with van der Waals surface area (Å²) in [6.45, 7) is 0. The highest BCUT2D eigenvalue weighted by Crippen LogP contribution is 2.34. The van der Waals surface area contributed by atoms with Crippen molar-refractivity contribution in [3.05, 3.63) is 28.6 Å². The first-order valence-corrected chi connectivity index (χ1v) is 5.25. The van der Waals surface area contributed by atoms with Gasteiger partial charge in [-0.1, -0.05) is 0 Å². The highest BCUT2D eigenvalue weighted by atomic mass is 79.9. The summed E-state index contributed by atoms with van der Waals surface area (Å²) < 4.78 is 19.4. The van der Waals surface area contributed by atoms with Gasteiger partial charge in [0.2, 0.25) is 0 Å². The number of halogens is 2. The van der Waals surface area contributed by atoms with Crippen LogP contribution in [0, 0.1) is 5.82 Å². The minimum Gasteiger partial charge on any atom is -0.495 e. The Kier molecular flexibility index (Phi) is 2.82. The molecule has 16 heavy (non-hydrogen) atoms. The average molecular weight is 286 g/mol. The molecule has 84 valence electrons. The summed E-state index contributed by atoms with van der Waals surface area (Å²) in [6, 6.07) is 2.90. The van der Waals surface area contributed by atoms with Crippen LogP contribution in [-0.2, 0) is 0 Å². The van der Waals surface area contributed by atoms with E-state index in [0.717, 1.165) is 0 Å². The molecule has 0 aliphatic carbocycles. The molecule has 0 bridgehead atoms. The van der Waals surface area contributed by atoms with E-state index in [1.807, 2.05) is 0 Å². The zero-order chi connectivity index (χ0) is 11.7. The molecule has 4 nitrogen and oxygen atoms in total. The van der Waals surface area contributed by atoms with Gasteiger partial charge in [0.25, 0.3) is 0 Å². The molecular weight excluding hydrogens is 277 g/mol. The molecular formula is C10H9BrFN3O. The lowest BCUT2D eigenvalue weighted by atomic mass is 10.1. The zero-order valence-corrected chi connectivity index (χ0v) is 10.0. The topological polar surface area (TPSA) is 63.9 Å². The number of hydrogen-bond acceptors (Lipinski definition) is 3. The van der Waals surface area contributed by atoms with Crippen molar-refractivity contribution in [1.82, 2.24) is 10.2 Å². The van der Waals surface area contributed by atoms with Crippen LogP contribution in [0.1, 0.15) is 0 Å². The van der Waals surface area contributed by atoms with E-state index < -0.39 is 5.82 Å². The Hall–Kier alpha value is -1.56. The number of hydrogen-bond donors (Lipinski definition) is 2. The van der Waals surface area contributed by atoms with Gasteiger partial charge in [-0.15, -0.1) is 0 Å². The number of aromatic nitrogens is 2. The van der Waals surface area contributed by atoms with Gasteiger partial charge < -0.3 is 10.5 Å². The van der Waals surface area contributed by atoms with Gasteiger partial charge >= 0.3 is 0 Å². The van der Waals surface area contributed by atoms with Crippen molar-refractivity contribution in [2.75, 3.05) is 12.8 Å². The standard InChI is InChI=1S/C10H9BrFN3O/c1-16-9-3-8(12)5(2-7(9)11)6-4-14-15-10(6)13/h2-4H,1H3,(H3,13,14,15). The number of nitrogens with zero attached hydrogens (tertiary/aromatic N) is 1. The zero-order valence-electron chi connectivity index (χ0n) is 8.42. The number of nitrogens with two attached hydrogens (primary N) is 1. The minimum atomic E-state index is -0.409. The largest absolute Gasteiger partial charge is 0.495 e. The number of H-pyrrole nitrogens is 1. The first kappa shape index (κ1) is 10.9. The predicted molar refractivity (Wildman–Crippen MR) is 62.6 cm³/mol. The van der Waals surface area contributed by atoms with Crippen LogP contribution in [0.3, 0.4) is 0 Å². The Morgan fingerprint density at radius 1 is 1.44 bits per heavy atom. The van der Waals surface area contributed by atoms with Crippen molar-refractivity contribution >= 4 is 21.7 Å². The molecule has 0 amide bonds. The van der Waals surface area contributed by atoms with Gasteiger partial charge in [-0.3, -0.25) is 5.10 Å². The molecule has 0 aliphatic rings. The van der Waals surface area contributed by atoms with E-state index >= 15 is 0 Å². The molecule has 1 heterocycles. The monoisotopic (exact) mass is 285 g/mol. The lowest BCUT2D eigenvalue weighted by molar-refractivity contribution is 0.409. The Morgan fingerprint density at radius 3 is 2.75 bits per heavy atom. The van der Waals surface area contributed by atoms with Crippen LogP contribution < -0.4 is 10.5 Å². The Morgan fingerprint density at radius 2 is 2.19 bits per heavy atom. The summed E-state index contributed by atoms with van der Waals surface area (Å²) in [6.07, 6.45) is 1.48. The van der Waals surface area contributed by atoms with Crippen molar-refractivity contribution < 1.29 is 9.13 Å². The van der Waals surface area contributed by atoms with E-state index in [0.29, 0.717) is 27.2 Å². The van der Waals surface area contributed by atoms with Crippen LogP contribution in [0.2, 0.25) is 0 Å². The molecule has 0 aliphatic heterocycles. The van der Waals surface area contributed by atoms with Crippen LogP contribution in [0.25, 0.3) is 11.1 Å². The Bertz CT molecular complexity index is 527. The Labute approximate surface area is 99.7 Å². The van der Waals surface area contributed by atoms with Crippen LogP contribution >= 0.6 is 15.9 Å². The summed E-state index contributed by atoms with van der Waals surface area (Å²) in [4.78, 5) is 0. The fourth-order valence-corrected chi connectivity index (χ4v) is 1.91. The average Bonchev–Trinajstić information content (AvgIpc) is 2.67. The molecule has 0 saturated carbocycles. The van der Waals surface area contributed by atoms with E-state index in [1.165, 1.54) is 19.4 Å². The van der Waals surface area contributed by atoms with Crippen LogP contribution in [0.15, 0.2) is 22.8 Å². The molecule has 1 aromatic heterocycles. The normalized spacial score (nSPS) is 10.4. The molecule has 0 saturated heterocycles. The third kappa shape index (κ3) is 1.76. The maximum Gasteiger partial charge on any atom is 0.135 e. The van der Waals surface area contributed by atoms with Gasteiger partial charge in [-0.05, 0) is 22.0 Å². The maximum absolute atomic E-state index is 13.8. The van der Waals surface area contributed by atoms with E-state index in [4.69, 9.17) is 10.5 Å².